The molecule has 0 bridgehead atoms. The van der Waals surface area contributed by atoms with E-state index in [-0.39, 0.29) is 47.8 Å². The number of alkyl halides is 3. The van der Waals surface area contributed by atoms with Gasteiger partial charge in [0, 0.05) is 6.54 Å². The fourth-order valence-corrected chi connectivity index (χ4v) is 1.80. The van der Waals surface area contributed by atoms with Crippen LogP contribution < -0.4 is 15.8 Å². The van der Waals surface area contributed by atoms with Crippen molar-refractivity contribution in [1.82, 2.24) is 5.32 Å². The van der Waals surface area contributed by atoms with Crippen molar-refractivity contribution in [3.8, 4) is 5.75 Å². The molecule has 1 aromatic carbocycles. The molecule has 1 aromatic rings. The van der Waals surface area contributed by atoms with Crippen LogP contribution >= 0.6 is 24.0 Å². The van der Waals surface area contributed by atoms with Gasteiger partial charge in [-0.05, 0) is 30.0 Å². The summed E-state index contributed by atoms with van der Waals surface area (Å²) in [5.41, 5.74) is 4.95. The van der Waals surface area contributed by atoms with Crippen molar-refractivity contribution in [2.45, 2.75) is 33.0 Å². The molecule has 8 heteroatoms. The molecule has 132 valence electrons. The Balaban J connectivity index is 0.00000484. The second-order valence-electron chi connectivity index (χ2n) is 5.33. The van der Waals surface area contributed by atoms with Gasteiger partial charge in [-0.3, -0.25) is 0 Å². The van der Waals surface area contributed by atoms with Crippen molar-refractivity contribution >= 4 is 29.9 Å². The largest absolute Gasteiger partial charge is 0.497 e. The van der Waals surface area contributed by atoms with E-state index in [0.717, 1.165) is 12.5 Å². The number of methoxy groups -OCH3 is 1. The maximum absolute atomic E-state index is 13.0. The molecule has 0 fully saturated rings. The SMILES string of the molecule is COc1ccc(CN=C(N)NCCC(C)C)c(C(F)(F)F)c1.I. The summed E-state index contributed by atoms with van der Waals surface area (Å²) in [6.45, 7) is 4.64. The molecule has 0 aliphatic carbocycles. The number of guanidine groups is 1. The third-order valence-electron chi connectivity index (χ3n) is 3.07. The molecule has 0 heterocycles. The minimum absolute atomic E-state index is 0. The van der Waals surface area contributed by atoms with Crippen LogP contribution in [0.1, 0.15) is 31.4 Å². The van der Waals surface area contributed by atoms with E-state index < -0.39 is 11.7 Å². The molecule has 0 aliphatic heterocycles. The van der Waals surface area contributed by atoms with Crippen LogP contribution in [0, 0.1) is 5.92 Å². The molecular weight excluding hydrogens is 422 g/mol. The number of nitrogens with two attached hydrogens (primary N) is 1. The summed E-state index contributed by atoms with van der Waals surface area (Å²) in [6.07, 6.45) is -3.55. The van der Waals surface area contributed by atoms with Gasteiger partial charge in [0.05, 0.1) is 19.2 Å². The Morgan fingerprint density at radius 2 is 2.00 bits per heavy atom. The van der Waals surface area contributed by atoms with Crippen LogP contribution in [0.3, 0.4) is 0 Å². The first-order chi connectivity index (χ1) is 10.2. The molecule has 1 rings (SSSR count). The molecule has 0 aromatic heterocycles. The zero-order valence-corrected chi connectivity index (χ0v) is 15.7. The lowest BCUT2D eigenvalue weighted by Crippen LogP contribution is -2.33. The van der Waals surface area contributed by atoms with Gasteiger partial charge in [0.1, 0.15) is 5.75 Å². The number of aliphatic imine (C=N–C) groups is 1. The maximum Gasteiger partial charge on any atom is 0.416 e. The quantitative estimate of drug-likeness (QED) is 0.398. The monoisotopic (exact) mass is 445 g/mol. The summed E-state index contributed by atoms with van der Waals surface area (Å²) in [6, 6.07) is 3.79. The molecule has 0 atom stereocenters. The van der Waals surface area contributed by atoms with Gasteiger partial charge in [-0.2, -0.15) is 13.2 Å². The third-order valence-corrected chi connectivity index (χ3v) is 3.07. The van der Waals surface area contributed by atoms with Gasteiger partial charge in [0.15, 0.2) is 5.96 Å². The van der Waals surface area contributed by atoms with Crippen LogP contribution in [0.5, 0.6) is 5.75 Å². The van der Waals surface area contributed by atoms with Crippen LogP contribution in [-0.2, 0) is 12.7 Å². The predicted molar refractivity (Wildman–Crippen MR) is 96.2 cm³/mol. The maximum atomic E-state index is 13.0. The first-order valence-electron chi connectivity index (χ1n) is 7.02. The van der Waals surface area contributed by atoms with E-state index in [2.05, 4.69) is 24.2 Å². The van der Waals surface area contributed by atoms with E-state index in [1.54, 1.807) is 0 Å². The molecule has 23 heavy (non-hydrogen) atoms. The fraction of sp³-hybridized carbons (Fsp3) is 0.533. The molecule has 0 saturated carbocycles. The Labute approximate surface area is 151 Å². The minimum atomic E-state index is -4.46. The summed E-state index contributed by atoms with van der Waals surface area (Å²) in [5.74, 6) is 0.811. The lowest BCUT2D eigenvalue weighted by Gasteiger charge is -2.13. The number of nitrogens with one attached hydrogen (secondary N) is 1. The molecular formula is C15H23F3IN3O. The Morgan fingerprint density at radius 1 is 1.35 bits per heavy atom. The highest BCUT2D eigenvalue weighted by atomic mass is 127. The summed E-state index contributed by atoms with van der Waals surface area (Å²) in [7, 11) is 1.32. The number of nitrogens with zero attached hydrogens (tertiary/aromatic N) is 1. The molecule has 3 N–H and O–H groups in total. The summed E-state index contributed by atoms with van der Waals surface area (Å²) < 4.78 is 43.9. The Morgan fingerprint density at radius 3 is 2.52 bits per heavy atom. The number of ether oxygens (including phenoxy) is 1. The molecule has 0 spiro atoms. The van der Waals surface area contributed by atoms with Gasteiger partial charge in [0.2, 0.25) is 0 Å². The van der Waals surface area contributed by atoms with Crippen LogP contribution in [0.2, 0.25) is 0 Å². The standard InChI is InChI=1S/C15H22F3N3O.HI/c1-10(2)6-7-20-14(19)21-9-11-4-5-12(22-3)8-13(11)15(16,17)18;/h4-5,8,10H,6-7,9H2,1-3H3,(H3,19,20,21);1H. The smallest absolute Gasteiger partial charge is 0.416 e. The topological polar surface area (TPSA) is 59.6 Å². The van der Waals surface area contributed by atoms with Gasteiger partial charge in [-0.25, -0.2) is 4.99 Å². The van der Waals surface area contributed by atoms with Gasteiger partial charge in [0.25, 0.3) is 0 Å². The average Bonchev–Trinajstić information content (AvgIpc) is 2.43. The normalized spacial score (nSPS) is 12.0. The Kier molecular flexibility index (Phi) is 9.33. The highest BCUT2D eigenvalue weighted by molar-refractivity contribution is 14.0. The number of halogens is 4. The molecule has 0 aliphatic rings. The zero-order valence-electron chi connectivity index (χ0n) is 13.4. The van der Waals surface area contributed by atoms with Gasteiger partial charge < -0.3 is 15.8 Å². The van der Waals surface area contributed by atoms with E-state index in [4.69, 9.17) is 10.5 Å². The zero-order chi connectivity index (χ0) is 16.8. The third kappa shape index (κ3) is 7.76. The molecule has 0 radical (unpaired) electrons. The molecule has 0 saturated heterocycles. The van der Waals surface area contributed by atoms with Crippen molar-refractivity contribution < 1.29 is 17.9 Å². The Bertz CT molecular complexity index is 519. The first-order valence-corrected chi connectivity index (χ1v) is 7.02. The highest BCUT2D eigenvalue weighted by Crippen LogP contribution is 2.34. The van der Waals surface area contributed by atoms with Crippen LogP contribution in [0.25, 0.3) is 0 Å². The van der Waals surface area contributed by atoms with Crippen molar-refractivity contribution in [1.29, 1.82) is 0 Å². The van der Waals surface area contributed by atoms with E-state index in [1.807, 2.05) is 0 Å². The summed E-state index contributed by atoms with van der Waals surface area (Å²) in [4.78, 5) is 3.96. The summed E-state index contributed by atoms with van der Waals surface area (Å²) in [5, 5.41) is 2.89. The Hall–Kier alpha value is -1.19. The number of hydrogen-bond donors (Lipinski definition) is 2. The van der Waals surface area contributed by atoms with Crippen LogP contribution in [0.4, 0.5) is 13.2 Å². The summed E-state index contributed by atoms with van der Waals surface area (Å²) >= 11 is 0. The van der Waals surface area contributed by atoms with Gasteiger partial charge in [-0.15, -0.1) is 24.0 Å². The van der Waals surface area contributed by atoms with Crippen molar-refractivity contribution in [3.05, 3.63) is 29.3 Å². The lowest BCUT2D eigenvalue weighted by atomic mass is 10.1. The van der Waals surface area contributed by atoms with E-state index >= 15 is 0 Å². The number of benzene rings is 1. The van der Waals surface area contributed by atoms with E-state index in [9.17, 15) is 13.2 Å². The first kappa shape index (κ1) is 21.8. The van der Waals surface area contributed by atoms with Crippen molar-refractivity contribution in [2.75, 3.05) is 13.7 Å². The van der Waals surface area contributed by atoms with Crippen LogP contribution in [-0.4, -0.2) is 19.6 Å². The van der Waals surface area contributed by atoms with Gasteiger partial charge in [-0.1, -0.05) is 19.9 Å². The van der Waals surface area contributed by atoms with Crippen LogP contribution in [0.15, 0.2) is 23.2 Å². The molecule has 4 nitrogen and oxygen atoms in total. The van der Waals surface area contributed by atoms with Gasteiger partial charge >= 0.3 is 6.18 Å². The van der Waals surface area contributed by atoms with E-state index in [0.29, 0.717) is 12.5 Å². The fourth-order valence-electron chi connectivity index (χ4n) is 1.80. The highest BCUT2D eigenvalue weighted by Gasteiger charge is 2.33. The number of hydrogen-bond acceptors (Lipinski definition) is 2. The van der Waals surface area contributed by atoms with Crippen molar-refractivity contribution in [3.63, 3.8) is 0 Å². The minimum Gasteiger partial charge on any atom is -0.497 e. The lowest BCUT2D eigenvalue weighted by molar-refractivity contribution is -0.138. The van der Waals surface area contributed by atoms with Crippen molar-refractivity contribution in [2.24, 2.45) is 16.6 Å². The molecule has 0 amide bonds. The average molecular weight is 445 g/mol. The van der Waals surface area contributed by atoms with E-state index in [1.165, 1.54) is 19.2 Å². The number of rotatable bonds is 6. The second kappa shape index (κ2) is 9.84. The predicted octanol–water partition coefficient (Wildman–Crippen LogP) is 3.78. The second-order valence-corrected chi connectivity index (χ2v) is 5.33. The molecule has 0 unspecified atom stereocenters.